The van der Waals surface area contributed by atoms with Gasteiger partial charge >= 0.3 is 0 Å². The first-order chi connectivity index (χ1) is 7.33. The highest BCUT2D eigenvalue weighted by molar-refractivity contribution is 7.08. The van der Waals surface area contributed by atoms with Crippen LogP contribution < -0.4 is 11.3 Å². The molecule has 2 aromatic rings. The van der Waals surface area contributed by atoms with Gasteiger partial charge in [-0.2, -0.15) is 11.3 Å². The van der Waals surface area contributed by atoms with Crippen LogP contribution in [0, 0.1) is 5.82 Å². The molecule has 0 radical (unpaired) electrons. The number of hydrogen-bond acceptors (Lipinski definition) is 3. The van der Waals surface area contributed by atoms with Crippen LogP contribution in [-0.4, -0.2) is 0 Å². The molecule has 1 heterocycles. The third-order valence-electron chi connectivity index (χ3n) is 2.26. The van der Waals surface area contributed by atoms with Crippen molar-refractivity contribution in [3.63, 3.8) is 0 Å². The Morgan fingerprint density at radius 1 is 1.27 bits per heavy atom. The first-order valence-corrected chi connectivity index (χ1v) is 5.50. The van der Waals surface area contributed by atoms with Crippen LogP contribution in [0.3, 0.4) is 0 Å². The summed E-state index contributed by atoms with van der Waals surface area (Å²) in [5.74, 6) is 5.21. The molecule has 4 heteroatoms. The van der Waals surface area contributed by atoms with E-state index >= 15 is 0 Å². The van der Waals surface area contributed by atoms with Crippen molar-refractivity contribution in [1.29, 1.82) is 0 Å². The van der Waals surface area contributed by atoms with Gasteiger partial charge in [0.1, 0.15) is 5.82 Å². The predicted octanol–water partition coefficient (Wildman–Crippen LogP) is 2.44. The van der Waals surface area contributed by atoms with E-state index in [1.54, 1.807) is 29.5 Å². The standard InChI is InChI=1S/C11H11FN2S/c12-10-4-2-1-3-9(10)11(14-13)8-5-6-15-7-8/h1-7,11,14H,13H2. The molecule has 3 N–H and O–H groups in total. The van der Waals surface area contributed by atoms with Gasteiger partial charge in [-0.25, -0.2) is 9.82 Å². The molecule has 0 saturated carbocycles. The topological polar surface area (TPSA) is 38.0 Å². The molecule has 0 spiro atoms. The van der Waals surface area contributed by atoms with Crippen molar-refractivity contribution in [2.24, 2.45) is 5.84 Å². The Balaban J connectivity index is 2.40. The largest absolute Gasteiger partial charge is 0.271 e. The predicted molar refractivity (Wildman–Crippen MR) is 59.9 cm³/mol. The molecule has 0 aliphatic rings. The lowest BCUT2D eigenvalue weighted by molar-refractivity contribution is 0.561. The maximum Gasteiger partial charge on any atom is 0.128 e. The SMILES string of the molecule is NNC(c1ccsc1)c1ccccc1F. The zero-order valence-corrected chi connectivity index (χ0v) is 8.80. The molecular formula is C11H11FN2S. The molecule has 78 valence electrons. The van der Waals surface area contributed by atoms with E-state index in [1.807, 2.05) is 16.8 Å². The molecule has 1 aromatic heterocycles. The number of benzene rings is 1. The van der Waals surface area contributed by atoms with Crippen molar-refractivity contribution in [2.75, 3.05) is 0 Å². The number of nitrogens with one attached hydrogen (secondary N) is 1. The first kappa shape index (κ1) is 10.3. The summed E-state index contributed by atoms with van der Waals surface area (Å²) in [6, 6.07) is 8.29. The molecule has 2 nitrogen and oxygen atoms in total. The summed E-state index contributed by atoms with van der Waals surface area (Å²) in [6.07, 6.45) is 0. The van der Waals surface area contributed by atoms with Crippen molar-refractivity contribution in [3.8, 4) is 0 Å². The highest BCUT2D eigenvalue weighted by atomic mass is 32.1. The lowest BCUT2D eigenvalue weighted by atomic mass is 10.0. The molecule has 0 aliphatic carbocycles. The van der Waals surface area contributed by atoms with E-state index in [0.29, 0.717) is 5.56 Å². The van der Waals surface area contributed by atoms with Gasteiger partial charge in [-0.15, -0.1) is 0 Å². The van der Waals surface area contributed by atoms with E-state index in [2.05, 4.69) is 5.43 Å². The fourth-order valence-corrected chi connectivity index (χ4v) is 2.20. The van der Waals surface area contributed by atoms with Crippen LogP contribution in [0.1, 0.15) is 17.2 Å². The van der Waals surface area contributed by atoms with Gasteiger partial charge in [-0.1, -0.05) is 18.2 Å². The Bertz CT molecular complexity index is 428. The van der Waals surface area contributed by atoms with E-state index < -0.39 is 0 Å². The van der Waals surface area contributed by atoms with Gasteiger partial charge in [0.15, 0.2) is 0 Å². The lowest BCUT2D eigenvalue weighted by Crippen LogP contribution is -2.29. The van der Waals surface area contributed by atoms with Gasteiger partial charge in [0.25, 0.3) is 0 Å². The number of nitrogens with two attached hydrogens (primary N) is 1. The first-order valence-electron chi connectivity index (χ1n) is 4.55. The van der Waals surface area contributed by atoms with Gasteiger partial charge in [0.2, 0.25) is 0 Å². The minimum atomic E-state index is -0.280. The minimum Gasteiger partial charge on any atom is -0.271 e. The molecule has 0 bridgehead atoms. The van der Waals surface area contributed by atoms with E-state index in [-0.39, 0.29) is 11.9 Å². The molecule has 0 aliphatic heterocycles. The third-order valence-corrected chi connectivity index (χ3v) is 2.96. The van der Waals surface area contributed by atoms with Crippen molar-refractivity contribution in [1.82, 2.24) is 5.43 Å². The summed E-state index contributed by atoms with van der Waals surface area (Å²) >= 11 is 1.57. The van der Waals surface area contributed by atoms with Crippen LogP contribution in [0.15, 0.2) is 41.1 Å². The van der Waals surface area contributed by atoms with Crippen molar-refractivity contribution >= 4 is 11.3 Å². The summed E-state index contributed by atoms with van der Waals surface area (Å²) in [5.41, 5.74) is 4.18. The Morgan fingerprint density at radius 3 is 2.67 bits per heavy atom. The summed E-state index contributed by atoms with van der Waals surface area (Å²) in [7, 11) is 0. The molecule has 15 heavy (non-hydrogen) atoms. The Morgan fingerprint density at radius 2 is 2.07 bits per heavy atom. The summed E-state index contributed by atoms with van der Waals surface area (Å²) in [4.78, 5) is 0. The fourth-order valence-electron chi connectivity index (χ4n) is 1.51. The quantitative estimate of drug-likeness (QED) is 0.618. The number of halogens is 1. The molecular weight excluding hydrogens is 211 g/mol. The Labute approximate surface area is 91.5 Å². The molecule has 2 rings (SSSR count). The molecule has 0 amide bonds. The molecule has 1 unspecified atom stereocenters. The Hall–Kier alpha value is -1.23. The van der Waals surface area contributed by atoms with Crippen LogP contribution >= 0.6 is 11.3 Å². The highest BCUT2D eigenvalue weighted by Gasteiger charge is 2.15. The van der Waals surface area contributed by atoms with Crippen LogP contribution in [0.5, 0.6) is 0 Å². The van der Waals surface area contributed by atoms with Gasteiger partial charge in [0.05, 0.1) is 6.04 Å². The second-order valence-electron chi connectivity index (χ2n) is 3.18. The summed E-state index contributed by atoms with van der Waals surface area (Å²) in [5, 5.41) is 3.90. The smallest absolute Gasteiger partial charge is 0.128 e. The maximum atomic E-state index is 13.5. The third kappa shape index (κ3) is 2.07. The average Bonchev–Trinajstić information content (AvgIpc) is 2.75. The van der Waals surface area contributed by atoms with E-state index in [1.165, 1.54) is 6.07 Å². The van der Waals surface area contributed by atoms with E-state index in [0.717, 1.165) is 5.56 Å². The van der Waals surface area contributed by atoms with E-state index in [9.17, 15) is 4.39 Å². The van der Waals surface area contributed by atoms with Crippen molar-refractivity contribution < 1.29 is 4.39 Å². The molecule has 1 atom stereocenters. The minimum absolute atomic E-state index is 0.244. The van der Waals surface area contributed by atoms with Gasteiger partial charge < -0.3 is 0 Å². The number of hydrogen-bond donors (Lipinski definition) is 2. The lowest BCUT2D eigenvalue weighted by Gasteiger charge is -2.15. The number of hydrazine groups is 1. The highest BCUT2D eigenvalue weighted by Crippen LogP contribution is 2.24. The van der Waals surface area contributed by atoms with Gasteiger partial charge in [-0.05, 0) is 28.5 Å². The van der Waals surface area contributed by atoms with Crippen LogP contribution in [0.25, 0.3) is 0 Å². The summed E-state index contributed by atoms with van der Waals surface area (Å²) < 4.78 is 13.5. The van der Waals surface area contributed by atoms with Crippen molar-refractivity contribution in [3.05, 3.63) is 58.0 Å². The Kier molecular flexibility index (Phi) is 3.11. The number of thiophene rings is 1. The monoisotopic (exact) mass is 222 g/mol. The fraction of sp³-hybridized carbons (Fsp3) is 0.0909. The number of rotatable bonds is 3. The van der Waals surface area contributed by atoms with Gasteiger partial charge in [-0.3, -0.25) is 5.84 Å². The second-order valence-corrected chi connectivity index (χ2v) is 3.96. The summed E-state index contributed by atoms with van der Waals surface area (Å²) in [6.45, 7) is 0. The molecule has 1 aromatic carbocycles. The average molecular weight is 222 g/mol. The molecule has 0 saturated heterocycles. The van der Waals surface area contributed by atoms with Crippen LogP contribution in [0.4, 0.5) is 4.39 Å². The maximum absolute atomic E-state index is 13.5. The van der Waals surface area contributed by atoms with Crippen LogP contribution in [0.2, 0.25) is 0 Å². The normalized spacial score (nSPS) is 12.7. The van der Waals surface area contributed by atoms with Gasteiger partial charge in [0, 0.05) is 5.56 Å². The molecule has 0 fully saturated rings. The van der Waals surface area contributed by atoms with Crippen molar-refractivity contribution in [2.45, 2.75) is 6.04 Å². The zero-order valence-electron chi connectivity index (χ0n) is 7.98. The van der Waals surface area contributed by atoms with Crippen LogP contribution in [-0.2, 0) is 0 Å². The zero-order chi connectivity index (χ0) is 10.7. The second kappa shape index (κ2) is 4.53. The van der Waals surface area contributed by atoms with E-state index in [4.69, 9.17) is 5.84 Å².